The summed E-state index contributed by atoms with van der Waals surface area (Å²) in [5.41, 5.74) is 7.05. The number of nitrogens with zero attached hydrogens (tertiary/aromatic N) is 1. The highest BCUT2D eigenvalue weighted by atomic mass is 14.9. The van der Waals surface area contributed by atoms with Crippen LogP contribution >= 0.6 is 0 Å². The molecule has 100 valence electrons. The van der Waals surface area contributed by atoms with E-state index in [0.29, 0.717) is 11.9 Å². The first-order chi connectivity index (χ1) is 8.79. The van der Waals surface area contributed by atoms with Crippen LogP contribution in [0.3, 0.4) is 0 Å². The predicted molar refractivity (Wildman–Crippen MR) is 76.4 cm³/mol. The van der Waals surface area contributed by atoms with Crippen LogP contribution < -0.4 is 11.1 Å². The summed E-state index contributed by atoms with van der Waals surface area (Å²) in [6.45, 7) is 0. The van der Waals surface area contributed by atoms with Gasteiger partial charge in [-0.1, -0.05) is 25.7 Å². The smallest absolute Gasteiger partial charge is 0.123 e. The van der Waals surface area contributed by atoms with Gasteiger partial charge in [-0.2, -0.15) is 0 Å². The number of pyridine rings is 1. The van der Waals surface area contributed by atoms with Gasteiger partial charge in [0.1, 0.15) is 5.82 Å². The molecule has 1 unspecified atom stereocenters. The molecule has 3 heteroatoms. The number of anilines is 1. The number of nitrogens with one attached hydrogen (secondary N) is 1. The molecule has 1 saturated carbocycles. The van der Waals surface area contributed by atoms with E-state index in [4.69, 9.17) is 5.73 Å². The number of nitrogens with two attached hydrogens (primary N) is 1. The standard InChI is InChI=1S/C15H25N3/c1-17-14(13-6-4-2-3-5-7-13)10-12-8-9-18-15(16)11-12/h8-9,11,13-14,17H,2-7,10H2,1H3,(H2,16,18). The molecular formula is C15H25N3. The normalized spacial score (nSPS) is 19.4. The van der Waals surface area contributed by atoms with Crippen molar-refractivity contribution in [1.29, 1.82) is 0 Å². The Balaban J connectivity index is 1.99. The first-order valence-corrected chi connectivity index (χ1v) is 7.17. The lowest BCUT2D eigenvalue weighted by Crippen LogP contribution is -2.35. The molecule has 0 amide bonds. The molecule has 1 fully saturated rings. The van der Waals surface area contributed by atoms with Crippen LogP contribution in [0, 0.1) is 5.92 Å². The van der Waals surface area contributed by atoms with Crippen LogP contribution in [0.4, 0.5) is 5.82 Å². The fraction of sp³-hybridized carbons (Fsp3) is 0.667. The summed E-state index contributed by atoms with van der Waals surface area (Å²) in [5.74, 6) is 1.44. The van der Waals surface area contributed by atoms with Gasteiger partial charge in [0.2, 0.25) is 0 Å². The highest BCUT2D eigenvalue weighted by Crippen LogP contribution is 2.27. The lowest BCUT2D eigenvalue weighted by atomic mass is 9.88. The second kappa shape index (κ2) is 6.74. The van der Waals surface area contributed by atoms with E-state index in [1.54, 1.807) is 0 Å². The second-order valence-corrected chi connectivity index (χ2v) is 5.44. The third-order valence-electron chi connectivity index (χ3n) is 4.14. The van der Waals surface area contributed by atoms with Gasteiger partial charge in [0.05, 0.1) is 0 Å². The monoisotopic (exact) mass is 247 g/mol. The average molecular weight is 247 g/mol. The lowest BCUT2D eigenvalue weighted by Gasteiger charge is -2.26. The van der Waals surface area contributed by atoms with Crippen LogP contribution in [0.25, 0.3) is 0 Å². The molecule has 1 heterocycles. The molecular weight excluding hydrogens is 222 g/mol. The van der Waals surface area contributed by atoms with Gasteiger partial charge < -0.3 is 11.1 Å². The van der Waals surface area contributed by atoms with Crippen molar-refractivity contribution in [3.63, 3.8) is 0 Å². The van der Waals surface area contributed by atoms with Gasteiger partial charge in [0.25, 0.3) is 0 Å². The van der Waals surface area contributed by atoms with Gasteiger partial charge in [-0.3, -0.25) is 0 Å². The predicted octanol–water partition coefficient (Wildman–Crippen LogP) is 2.76. The van der Waals surface area contributed by atoms with Gasteiger partial charge in [0.15, 0.2) is 0 Å². The fourth-order valence-corrected chi connectivity index (χ4v) is 3.09. The molecule has 0 bridgehead atoms. The van der Waals surface area contributed by atoms with E-state index in [1.807, 2.05) is 12.3 Å². The summed E-state index contributed by atoms with van der Waals surface area (Å²) >= 11 is 0. The molecule has 18 heavy (non-hydrogen) atoms. The van der Waals surface area contributed by atoms with E-state index in [9.17, 15) is 0 Å². The first kappa shape index (κ1) is 13.3. The van der Waals surface area contributed by atoms with Crippen molar-refractivity contribution in [2.45, 2.75) is 51.0 Å². The number of nitrogen functional groups attached to an aromatic ring is 1. The molecule has 0 spiro atoms. The van der Waals surface area contributed by atoms with Crippen molar-refractivity contribution in [2.75, 3.05) is 12.8 Å². The minimum Gasteiger partial charge on any atom is -0.384 e. The van der Waals surface area contributed by atoms with Crippen LogP contribution in [0.15, 0.2) is 18.3 Å². The Labute approximate surface area is 110 Å². The van der Waals surface area contributed by atoms with E-state index < -0.39 is 0 Å². The first-order valence-electron chi connectivity index (χ1n) is 7.17. The maximum Gasteiger partial charge on any atom is 0.123 e. The maximum absolute atomic E-state index is 5.75. The highest BCUT2D eigenvalue weighted by Gasteiger charge is 2.21. The van der Waals surface area contributed by atoms with E-state index in [1.165, 1.54) is 44.1 Å². The maximum atomic E-state index is 5.75. The Morgan fingerprint density at radius 3 is 2.67 bits per heavy atom. The van der Waals surface area contributed by atoms with Crippen molar-refractivity contribution in [3.8, 4) is 0 Å². The van der Waals surface area contributed by atoms with Crippen molar-refractivity contribution >= 4 is 5.82 Å². The number of hydrogen-bond acceptors (Lipinski definition) is 3. The summed E-state index contributed by atoms with van der Waals surface area (Å²) < 4.78 is 0. The molecule has 3 N–H and O–H groups in total. The van der Waals surface area contributed by atoms with E-state index in [0.717, 1.165) is 12.3 Å². The molecule has 0 aromatic carbocycles. The van der Waals surface area contributed by atoms with Gasteiger partial charge >= 0.3 is 0 Å². The summed E-state index contributed by atoms with van der Waals surface area (Å²) in [4.78, 5) is 4.06. The van der Waals surface area contributed by atoms with Crippen LogP contribution in [0.2, 0.25) is 0 Å². The lowest BCUT2D eigenvalue weighted by molar-refractivity contribution is 0.332. The van der Waals surface area contributed by atoms with Crippen molar-refractivity contribution < 1.29 is 0 Å². The minimum atomic E-state index is 0.574. The van der Waals surface area contributed by atoms with Crippen LogP contribution in [0.5, 0.6) is 0 Å². The molecule has 1 aromatic heterocycles. The van der Waals surface area contributed by atoms with Gasteiger partial charge in [-0.25, -0.2) is 4.98 Å². The zero-order valence-corrected chi connectivity index (χ0v) is 11.4. The molecule has 0 saturated heterocycles. The quantitative estimate of drug-likeness (QED) is 0.804. The molecule has 0 aliphatic heterocycles. The van der Waals surface area contributed by atoms with Crippen molar-refractivity contribution in [1.82, 2.24) is 10.3 Å². The SMILES string of the molecule is CNC(Cc1ccnc(N)c1)C1CCCCCC1. The van der Waals surface area contributed by atoms with Crippen LogP contribution in [0.1, 0.15) is 44.1 Å². The number of hydrogen-bond donors (Lipinski definition) is 2. The van der Waals surface area contributed by atoms with Crippen LogP contribution in [-0.4, -0.2) is 18.1 Å². The summed E-state index contributed by atoms with van der Waals surface area (Å²) in [6.07, 6.45) is 11.2. The summed E-state index contributed by atoms with van der Waals surface area (Å²) in [7, 11) is 2.08. The van der Waals surface area contributed by atoms with E-state index in [-0.39, 0.29) is 0 Å². The van der Waals surface area contributed by atoms with Crippen LogP contribution in [-0.2, 0) is 6.42 Å². The Hall–Kier alpha value is -1.09. The third kappa shape index (κ3) is 3.70. The van der Waals surface area contributed by atoms with Gasteiger partial charge in [-0.05, 0) is 49.9 Å². The molecule has 1 aliphatic carbocycles. The Morgan fingerprint density at radius 2 is 2.06 bits per heavy atom. The number of rotatable bonds is 4. The fourth-order valence-electron chi connectivity index (χ4n) is 3.09. The molecule has 3 nitrogen and oxygen atoms in total. The van der Waals surface area contributed by atoms with E-state index in [2.05, 4.69) is 23.4 Å². The minimum absolute atomic E-state index is 0.574. The zero-order chi connectivity index (χ0) is 12.8. The number of aromatic nitrogens is 1. The zero-order valence-electron chi connectivity index (χ0n) is 11.4. The average Bonchev–Trinajstić information content (AvgIpc) is 2.65. The van der Waals surface area contributed by atoms with Crippen molar-refractivity contribution in [3.05, 3.63) is 23.9 Å². The van der Waals surface area contributed by atoms with Gasteiger partial charge in [-0.15, -0.1) is 0 Å². The Kier molecular flexibility index (Phi) is 5.00. The van der Waals surface area contributed by atoms with Gasteiger partial charge in [0, 0.05) is 12.2 Å². The van der Waals surface area contributed by atoms with Crippen molar-refractivity contribution in [2.24, 2.45) is 5.92 Å². The molecule has 1 aromatic rings. The Bertz CT molecular complexity index is 357. The molecule has 1 aliphatic rings. The summed E-state index contributed by atoms with van der Waals surface area (Å²) in [5, 5.41) is 3.51. The Morgan fingerprint density at radius 1 is 1.33 bits per heavy atom. The summed E-state index contributed by atoms with van der Waals surface area (Å²) in [6, 6.07) is 4.66. The number of likely N-dealkylation sites (N-methyl/N-ethyl adjacent to an activating group) is 1. The molecule has 2 rings (SSSR count). The topological polar surface area (TPSA) is 50.9 Å². The van der Waals surface area contributed by atoms with E-state index >= 15 is 0 Å². The largest absolute Gasteiger partial charge is 0.384 e. The second-order valence-electron chi connectivity index (χ2n) is 5.44. The highest BCUT2D eigenvalue weighted by molar-refractivity contribution is 5.32. The molecule has 0 radical (unpaired) electrons. The molecule has 1 atom stereocenters. The third-order valence-corrected chi connectivity index (χ3v) is 4.14.